The SMILES string of the molecule is c1ccc(-c2cc(-c3ccccc3)cc(N3c4ccc(-n5c6ccccc6c6ccccc65)cc4B4c5cccc6c5N(c5ccccc5C65C6CC7CC(C6)CC5C7)c5cccc3c54)c2)cc1. The highest BCUT2D eigenvalue weighted by Crippen LogP contribution is 2.69. The summed E-state index contributed by atoms with van der Waals surface area (Å²) in [6, 6.07) is 78.7. The zero-order valence-electron chi connectivity index (χ0n) is 37.9. The molecule has 4 aliphatic carbocycles. The lowest BCUT2D eigenvalue weighted by Crippen LogP contribution is -2.64. The van der Waals surface area contributed by atoms with Crippen LogP contribution in [0.15, 0.2) is 206 Å². The Bertz CT molecular complexity index is 3600. The van der Waals surface area contributed by atoms with E-state index < -0.39 is 0 Å². The van der Waals surface area contributed by atoms with Crippen molar-refractivity contribution in [3.05, 3.63) is 217 Å². The lowest BCUT2D eigenvalue weighted by atomic mass is 9.32. The van der Waals surface area contributed by atoms with Crippen LogP contribution in [-0.2, 0) is 5.41 Å². The fourth-order valence-electron chi connectivity index (χ4n) is 15.5. The van der Waals surface area contributed by atoms with Crippen molar-refractivity contribution in [3.63, 3.8) is 0 Å². The molecule has 0 radical (unpaired) electrons. The minimum absolute atomic E-state index is 0.0248. The minimum atomic E-state index is 0.0248. The highest BCUT2D eigenvalue weighted by atomic mass is 15.2. The van der Waals surface area contributed by atoms with Crippen LogP contribution >= 0.6 is 0 Å². The third-order valence-electron chi connectivity index (χ3n) is 17.7. The van der Waals surface area contributed by atoms with Gasteiger partial charge in [0.1, 0.15) is 0 Å². The van der Waals surface area contributed by atoms with Crippen molar-refractivity contribution in [2.45, 2.75) is 37.5 Å². The summed E-state index contributed by atoms with van der Waals surface area (Å²) in [4.78, 5) is 5.32. The van der Waals surface area contributed by atoms with Crippen LogP contribution in [-0.4, -0.2) is 11.3 Å². The maximum atomic E-state index is 2.72. The van der Waals surface area contributed by atoms with Gasteiger partial charge in [0.15, 0.2) is 0 Å². The van der Waals surface area contributed by atoms with Crippen molar-refractivity contribution in [3.8, 4) is 27.9 Å². The highest BCUT2D eigenvalue weighted by molar-refractivity contribution is 7.00. The van der Waals surface area contributed by atoms with Gasteiger partial charge in [-0.3, -0.25) is 0 Å². The van der Waals surface area contributed by atoms with E-state index in [4.69, 9.17) is 0 Å². The van der Waals surface area contributed by atoms with Crippen molar-refractivity contribution < 1.29 is 0 Å². The largest absolute Gasteiger partial charge is 0.311 e. The van der Waals surface area contributed by atoms with E-state index in [0.29, 0.717) is 11.8 Å². The van der Waals surface area contributed by atoms with E-state index >= 15 is 0 Å². The molecule has 4 bridgehead atoms. The summed E-state index contributed by atoms with van der Waals surface area (Å²) in [7, 11) is 0. The van der Waals surface area contributed by atoms with E-state index in [-0.39, 0.29) is 12.1 Å². The zero-order chi connectivity index (χ0) is 44.2. The van der Waals surface area contributed by atoms with Crippen molar-refractivity contribution in [1.29, 1.82) is 0 Å². The Hall–Kier alpha value is -7.56. The van der Waals surface area contributed by atoms with Crippen LogP contribution in [0.5, 0.6) is 0 Å². The van der Waals surface area contributed by atoms with Crippen LogP contribution in [0.3, 0.4) is 0 Å². The number of hydrogen-bond acceptors (Lipinski definition) is 2. The van der Waals surface area contributed by atoms with Crippen molar-refractivity contribution in [2.24, 2.45) is 23.7 Å². The topological polar surface area (TPSA) is 11.4 Å². The van der Waals surface area contributed by atoms with Crippen LogP contribution in [0.2, 0.25) is 0 Å². The van der Waals surface area contributed by atoms with E-state index in [1.165, 1.54) is 127 Å². The van der Waals surface area contributed by atoms with Crippen LogP contribution in [0.1, 0.15) is 43.2 Å². The van der Waals surface area contributed by atoms with Gasteiger partial charge >= 0.3 is 0 Å². The van der Waals surface area contributed by atoms with Gasteiger partial charge in [0, 0.05) is 50.3 Å². The first-order valence-corrected chi connectivity index (χ1v) is 25.0. The molecule has 4 fully saturated rings. The summed E-state index contributed by atoms with van der Waals surface area (Å²) < 4.78 is 2.51. The van der Waals surface area contributed by atoms with E-state index in [0.717, 1.165) is 17.5 Å². The molecule has 1 aromatic heterocycles. The van der Waals surface area contributed by atoms with Gasteiger partial charge in [0.2, 0.25) is 0 Å². The van der Waals surface area contributed by atoms with E-state index in [9.17, 15) is 0 Å². The average molecular weight is 870 g/mol. The van der Waals surface area contributed by atoms with Gasteiger partial charge < -0.3 is 14.4 Å². The fraction of sp³-hybridized carbons (Fsp3) is 0.156. The third kappa shape index (κ3) is 4.90. The molecular weight excluding hydrogens is 822 g/mol. The molecule has 322 valence electrons. The molecule has 3 aliphatic heterocycles. The quantitative estimate of drug-likeness (QED) is 0.163. The van der Waals surface area contributed by atoms with Crippen LogP contribution in [0.25, 0.3) is 49.7 Å². The monoisotopic (exact) mass is 869 g/mol. The summed E-state index contributed by atoms with van der Waals surface area (Å²) in [5.41, 5.74) is 23.6. The molecule has 0 N–H and O–H groups in total. The number of hydrogen-bond donors (Lipinski definition) is 0. The minimum Gasteiger partial charge on any atom is -0.311 e. The van der Waals surface area contributed by atoms with Gasteiger partial charge in [-0.05, 0) is 172 Å². The van der Waals surface area contributed by atoms with Gasteiger partial charge in [-0.2, -0.15) is 0 Å². The summed E-state index contributed by atoms with van der Waals surface area (Å²) >= 11 is 0. The first-order valence-electron chi connectivity index (χ1n) is 25.0. The lowest BCUT2D eigenvalue weighted by Gasteiger charge is -2.64. The molecule has 9 aromatic carbocycles. The third-order valence-corrected chi connectivity index (χ3v) is 17.7. The van der Waals surface area contributed by atoms with Crippen LogP contribution in [0.4, 0.5) is 34.1 Å². The molecule has 4 saturated carbocycles. The van der Waals surface area contributed by atoms with Gasteiger partial charge in [-0.1, -0.05) is 140 Å². The predicted molar refractivity (Wildman–Crippen MR) is 283 cm³/mol. The van der Waals surface area contributed by atoms with Gasteiger partial charge in [-0.15, -0.1) is 0 Å². The molecule has 3 nitrogen and oxygen atoms in total. The molecule has 68 heavy (non-hydrogen) atoms. The van der Waals surface area contributed by atoms with Gasteiger partial charge in [-0.25, -0.2) is 0 Å². The second-order valence-corrected chi connectivity index (χ2v) is 20.9. The summed E-state index contributed by atoms with van der Waals surface area (Å²) in [5, 5.41) is 2.57. The number of rotatable bonds is 4. The number of benzene rings is 9. The molecule has 4 heteroatoms. The summed E-state index contributed by atoms with van der Waals surface area (Å²) in [6.07, 6.45) is 6.90. The molecule has 7 aliphatic rings. The lowest BCUT2D eigenvalue weighted by molar-refractivity contribution is -0.0419. The van der Waals surface area contributed by atoms with Gasteiger partial charge in [0.05, 0.1) is 16.7 Å². The fourth-order valence-corrected chi connectivity index (χ4v) is 15.5. The van der Waals surface area contributed by atoms with E-state index in [1.54, 1.807) is 11.1 Å². The second kappa shape index (κ2) is 13.8. The van der Waals surface area contributed by atoms with Crippen molar-refractivity contribution >= 4 is 79.0 Å². The molecule has 4 heterocycles. The van der Waals surface area contributed by atoms with Crippen molar-refractivity contribution in [2.75, 3.05) is 9.80 Å². The van der Waals surface area contributed by atoms with Crippen LogP contribution < -0.4 is 26.2 Å². The molecule has 0 unspecified atom stereocenters. The maximum Gasteiger partial charge on any atom is 0.252 e. The molecule has 17 rings (SSSR count). The zero-order valence-corrected chi connectivity index (χ0v) is 37.9. The Morgan fingerprint density at radius 3 is 1.62 bits per heavy atom. The molecule has 10 aromatic rings. The van der Waals surface area contributed by atoms with E-state index in [1.807, 2.05) is 0 Å². The van der Waals surface area contributed by atoms with E-state index in [2.05, 4.69) is 221 Å². The van der Waals surface area contributed by atoms with Crippen molar-refractivity contribution in [1.82, 2.24) is 4.57 Å². The number of nitrogens with zero attached hydrogens (tertiary/aromatic N) is 3. The standard InChI is InChI=1S/C64H48BN3/c1-3-15-42(16-4-1)44-36-45(43-17-5-2-6-18-43)38-49(37-44)67-59-30-29-48(66-56-24-10-7-19-50(56)51-20-8-11-25-57(51)66)39-55(59)65-54-23-13-22-53-63(54)68(61-28-14-27-60(67)62(61)65)58-26-12-9-21-52(58)64(53)46-32-40-31-41(34-46)35-47(64)33-40/h1-30,36-41,46-47H,31-35H2. The molecule has 1 spiro atoms. The number of anilines is 6. The Morgan fingerprint density at radius 1 is 0.382 bits per heavy atom. The first-order chi connectivity index (χ1) is 33.7. The Labute approximate surface area is 398 Å². The molecule has 0 atom stereocenters. The maximum absolute atomic E-state index is 2.72. The second-order valence-electron chi connectivity index (χ2n) is 20.9. The summed E-state index contributed by atoms with van der Waals surface area (Å²) in [6.45, 7) is 0.0248. The first kappa shape index (κ1) is 37.5. The predicted octanol–water partition coefficient (Wildman–Crippen LogP) is 14.3. The molecular formula is C64H48BN3. The highest BCUT2D eigenvalue weighted by Gasteiger charge is 2.62. The van der Waals surface area contributed by atoms with Gasteiger partial charge in [0.25, 0.3) is 6.71 Å². The smallest absolute Gasteiger partial charge is 0.252 e. The Morgan fingerprint density at radius 2 is 0.941 bits per heavy atom. The number of para-hydroxylation sites is 4. The Kier molecular flexibility index (Phi) is 7.60. The normalized spacial score (nSPS) is 22.1. The number of fused-ring (bicyclic) bond motifs is 9. The molecule has 0 amide bonds. The Balaban J connectivity index is 0.998. The number of aromatic nitrogens is 1. The average Bonchev–Trinajstić information content (AvgIpc) is 3.73. The summed E-state index contributed by atoms with van der Waals surface area (Å²) in [5.74, 6) is 3.12. The van der Waals surface area contributed by atoms with Crippen LogP contribution in [0, 0.1) is 23.7 Å². The molecule has 0 saturated heterocycles.